The number of nitrogens with zero attached hydrogens (tertiary/aromatic N) is 1. The molecule has 210 valence electrons. The van der Waals surface area contributed by atoms with Gasteiger partial charge >= 0.3 is 0 Å². The van der Waals surface area contributed by atoms with Gasteiger partial charge in [-0.05, 0) is 79.8 Å². The molecular formula is C32H34ClNO6. The van der Waals surface area contributed by atoms with Crippen molar-refractivity contribution < 1.29 is 29.3 Å². The Labute approximate surface area is 239 Å². The van der Waals surface area contributed by atoms with Gasteiger partial charge in [-0.1, -0.05) is 44.5 Å². The van der Waals surface area contributed by atoms with Gasteiger partial charge < -0.3 is 19.7 Å². The van der Waals surface area contributed by atoms with Gasteiger partial charge in [-0.3, -0.25) is 14.5 Å². The molecule has 1 heterocycles. The maximum atomic E-state index is 13.7. The van der Waals surface area contributed by atoms with E-state index >= 15 is 0 Å². The van der Waals surface area contributed by atoms with Gasteiger partial charge in [0, 0.05) is 21.8 Å². The first kappa shape index (κ1) is 29.0. The number of amides is 1. The summed E-state index contributed by atoms with van der Waals surface area (Å²) in [5.41, 5.74) is 2.34. The summed E-state index contributed by atoms with van der Waals surface area (Å²) in [4.78, 5) is 28.6. The fourth-order valence-corrected chi connectivity index (χ4v) is 5.10. The minimum Gasteiger partial charge on any atom is -0.507 e. The van der Waals surface area contributed by atoms with Gasteiger partial charge in [0.05, 0.1) is 24.8 Å². The van der Waals surface area contributed by atoms with Crippen LogP contribution in [-0.2, 0) is 15.0 Å². The molecule has 8 heteroatoms. The van der Waals surface area contributed by atoms with Gasteiger partial charge in [0.1, 0.15) is 11.5 Å². The molecule has 0 spiro atoms. The van der Waals surface area contributed by atoms with Crippen molar-refractivity contribution in [1.82, 2.24) is 0 Å². The number of aromatic hydroxyl groups is 1. The summed E-state index contributed by atoms with van der Waals surface area (Å²) in [6.45, 7) is 12.3. The number of ether oxygens (including phenoxy) is 2. The molecular weight excluding hydrogens is 530 g/mol. The maximum absolute atomic E-state index is 13.7. The molecule has 0 aromatic heterocycles. The average molecular weight is 564 g/mol. The van der Waals surface area contributed by atoms with Crippen LogP contribution in [-0.4, -0.2) is 35.1 Å². The van der Waals surface area contributed by atoms with Crippen LogP contribution in [0, 0.1) is 6.92 Å². The highest BCUT2D eigenvalue weighted by molar-refractivity contribution is 6.52. The molecule has 0 radical (unpaired) electrons. The number of benzene rings is 3. The Morgan fingerprint density at radius 3 is 2.30 bits per heavy atom. The van der Waals surface area contributed by atoms with Crippen LogP contribution < -0.4 is 14.4 Å². The molecule has 4 rings (SSSR count). The van der Waals surface area contributed by atoms with Crippen molar-refractivity contribution in [3.8, 4) is 17.2 Å². The Balaban J connectivity index is 2.00. The number of aliphatic hydroxyl groups excluding tert-OH is 1. The first-order valence-electron chi connectivity index (χ1n) is 13.2. The number of ketones is 1. The SMILES string of the molecule is CCOc1cc(C2/C(=C(\O)c3ccc(OCC)c(C(C)(C)C)c3)C(=O)C(=O)N2c2cccc(Cl)c2C)ccc1O. The second-order valence-corrected chi connectivity index (χ2v) is 11.0. The van der Waals surface area contributed by atoms with Crippen molar-refractivity contribution in [3.63, 3.8) is 0 Å². The summed E-state index contributed by atoms with van der Waals surface area (Å²) >= 11 is 6.40. The van der Waals surface area contributed by atoms with Crippen LogP contribution >= 0.6 is 11.6 Å². The summed E-state index contributed by atoms with van der Waals surface area (Å²) in [7, 11) is 0. The number of rotatable bonds is 7. The first-order chi connectivity index (χ1) is 18.9. The van der Waals surface area contributed by atoms with E-state index in [4.69, 9.17) is 21.1 Å². The highest BCUT2D eigenvalue weighted by Gasteiger charge is 2.47. The number of carbonyl (C=O) groups excluding carboxylic acids is 2. The summed E-state index contributed by atoms with van der Waals surface area (Å²) < 4.78 is 11.4. The van der Waals surface area contributed by atoms with Crippen molar-refractivity contribution in [2.75, 3.05) is 18.1 Å². The highest BCUT2D eigenvalue weighted by Crippen LogP contribution is 2.46. The smallest absolute Gasteiger partial charge is 0.300 e. The van der Waals surface area contributed by atoms with Crippen molar-refractivity contribution in [2.24, 2.45) is 0 Å². The first-order valence-corrected chi connectivity index (χ1v) is 13.6. The Morgan fingerprint density at radius 2 is 1.65 bits per heavy atom. The van der Waals surface area contributed by atoms with E-state index < -0.39 is 17.7 Å². The van der Waals surface area contributed by atoms with Gasteiger partial charge in [0.2, 0.25) is 0 Å². The van der Waals surface area contributed by atoms with Crippen LogP contribution in [0.3, 0.4) is 0 Å². The molecule has 1 aliphatic heterocycles. The lowest BCUT2D eigenvalue weighted by molar-refractivity contribution is -0.132. The van der Waals surface area contributed by atoms with Crippen molar-refractivity contribution in [1.29, 1.82) is 0 Å². The molecule has 0 saturated carbocycles. The second kappa shape index (κ2) is 11.3. The van der Waals surface area contributed by atoms with Crippen LogP contribution in [0.4, 0.5) is 5.69 Å². The van der Waals surface area contributed by atoms with Gasteiger partial charge in [-0.2, -0.15) is 0 Å². The van der Waals surface area contributed by atoms with E-state index in [2.05, 4.69) is 0 Å². The van der Waals surface area contributed by atoms with Crippen molar-refractivity contribution in [2.45, 2.75) is 53.0 Å². The zero-order chi connectivity index (χ0) is 29.4. The van der Waals surface area contributed by atoms with Crippen molar-refractivity contribution >= 4 is 34.7 Å². The molecule has 1 amide bonds. The number of aliphatic hydroxyl groups is 1. The summed E-state index contributed by atoms with van der Waals surface area (Å²) in [6, 6.07) is 13.9. The van der Waals surface area contributed by atoms with Gasteiger partial charge in [0.25, 0.3) is 11.7 Å². The second-order valence-electron chi connectivity index (χ2n) is 10.6. The molecule has 1 saturated heterocycles. The summed E-state index contributed by atoms with van der Waals surface area (Å²) in [6.07, 6.45) is 0. The Hall–Kier alpha value is -3.97. The number of phenolic OH excluding ortho intramolecular Hbond substituents is 1. The van der Waals surface area contributed by atoms with Crippen LogP contribution in [0.5, 0.6) is 17.2 Å². The number of anilines is 1. The molecule has 0 aliphatic carbocycles. The molecule has 1 fully saturated rings. The van der Waals surface area contributed by atoms with E-state index in [1.165, 1.54) is 11.0 Å². The number of Topliss-reactive ketones (excluding diaryl/α,β-unsaturated/α-hetero) is 1. The highest BCUT2D eigenvalue weighted by atomic mass is 35.5. The predicted molar refractivity (Wildman–Crippen MR) is 157 cm³/mol. The minimum absolute atomic E-state index is 0.0807. The fraction of sp³-hybridized carbons (Fsp3) is 0.312. The van der Waals surface area contributed by atoms with Crippen molar-refractivity contribution in [3.05, 3.63) is 87.4 Å². The molecule has 1 aliphatic rings. The zero-order valence-electron chi connectivity index (χ0n) is 23.5. The normalized spacial score (nSPS) is 16.9. The number of carbonyl (C=O) groups is 2. The summed E-state index contributed by atoms with van der Waals surface area (Å²) in [5, 5.41) is 22.5. The quantitative estimate of drug-likeness (QED) is 0.181. The van der Waals surface area contributed by atoms with E-state index in [0.717, 1.165) is 5.56 Å². The lowest BCUT2D eigenvalue weighted by Crippen LogP contribution is -2.30. The number of hydrogen-bond acceptors (Lipinski definition) is 6. The minimum atomic E-state index is -1.01. The molecule has 7 nitrogen and oxygen atoms in total. The Kier molecular flexibility index (Phi) is 8.17. The van der Waals surface area contributed by atoms with Crippen LogP contribution in [0.15, 0.2) is 60.2 Å². The molecule has 1 atom stereocenters. The Bertz CT molecular complexity index is 1500. The molecule has 0 bridgehead atoms. The maximum Gasteiger partial charge on any atom is 0.300 e. The number of phenols is 1. The monoisotopic (exact) mass is 563 g/mol. The fourth-order valence-electron chi connectivity index (χ4n) is 4.93. The third kappa shape index (κ3) is 5.26. The molecule has 3 aromatic rings. The zero-order valence-corrected chi connectivity index (χ0v) is 24.3. The topological polar surface area (TPSA) is 96.3 Å². The standard InChI is InChI=1S/C32H34ClNO6/c1-7-39-25-15-13-20(16-21(25)32(4,5)6)29(36)27-28(19-12-14-24(35)26(17-19)40-8-2)34(31(38)30(27)37)23-11-9-10-22(33)18(23)3/h9-17,28,35-36H,7-8H2,1-6H3/b29-27+. The van der Waals surface area contributed by atoms with Gasteiger partial charge in [-0.15, -0.1) is 0 Å². The lowest BCUT2D eigenvalue weighted by Gasteiger charge is -2.28. The lowest BCUT2D eigenvalue weighted by atomic mass is 9.84. The average Bonchev–Trinajstić information content (AvgIpc) is 3.16. The third-order valence-electron chi connectivity index (χ3n) is 6.90. The molecule has 3 aromatic carbocycles. The Morgan fingerprint density at radius 1 is 0.975 bits per heavy atom. The van der Waals surface area contributed by atoms with E-state index in [0.29, 0.717) is 46.4 Å². The van der Waals surface area contributed by atoms with E-state index in [1.54, 1.807) is 62.4 Å². The number of halogens is 1. The molecule has 1 unspecified atom stereocenters. The molecule has 40 heavy (non-hydrogen) atoms. The number of hydrogen-bond donors (Lipinski definition) is 2. The van der Waals surface area contributed by atoms with E-state index in [9.17, 15) is 19.8 Å². The molecule has 2 N–H and O–H groups in total. The third-order valence-corrected chi connectivity index (χ3v) is 7.31. The van der Waals surface area contributed by atoms with Gasteiger partial charge in [0.15, 0.2) is 11.5 Å². The van der Waals surface area contributed by atoms with E-state index in [-0.39, 0.29) is 28.2 Å². The predicted octanol–water partition coefficient (Wildman–Crippen LogP) is 7.08. The van der Waals surface area contributed by atoms with Crippen LogP contribution in [0.25, 0.3) is 5.76 Å². The van der Waals surface area contributed by atoms with E-state index in [1.807, 2.05) is 27.7 Å². The van der Waals surface area contributed by atoms with Crippen LogP contribution in [0.2, 0.25) is 5.02 Å². The van der Waals surface area contributed by atoms with Crippen LogP contribution in [0.1, 0.15) is 62.9 Å². The summed E-state index contributed by atoms with van der Waals surface area (Å²) in [5.74, 6) is -1.15. The van der Waals surface area contributed by atoms with Gasteiger partial charge in [-0.25, -0.2) is 0 Å². The largest absolute Gasteiger partial charge is 0.507 e.